The summed E-state index contributed by atoms with van der Waals surface area (Å²) in [4.78, 5) is 54.4. The molecule has 45 nitrogen and oxygen atoms in total. The zero-order valence-electron chi connectivity index (χ0n) is 72.1. The number of carbonyl (C=O) groups is 4. The van der Waals surface area contributed by atoms with Gasteiger partial charge in [-0.1, -0.05) is 45.3 Å². The summed E-state index contributed by atoms with van der Waals surface area (Å²) in [7, 11) is 3.40. The van der Waals surface area contributed by atoms with Crippen molar-refractivity contribution in [2.75, 3.05) is 204 Å². The first-order chi connectivity index (χ1) is 61.1. The molecule has 11 N–H and O–H groups in total. The lowest BCUT2D eigenvalue weighted by atomic mass is 9.87. The van der Waals surface area contributed by atoms with Crippen molar-refractivity contribution in [3.8, 4) is 0 Å². The fourth-order valence-corrected chi connectivity index (χ4v) is 15.9. The van der Waals surface area contributed by atoms with Crippen LogP contribution in [0, 0.1) is 0 Å². The van der Waals surface area contributed by atoms with Gasteiger partial charge in [-0.3, -0.25) is 19.2 Å². The molecule has 9 heterocycles. The molecular weight excluding hydrogens is 1710 g/mol. The molecule has 0 aliphatic carbocycles. The highest BCUT2D eigenvalue weighted by Crippen LogP contribution is 2.39. The highest BCUT2D eigenvalue weighted by atomic mass is 33.1. The Hall–Kier alpha value is -5.93. The summed E-state index contributed by atoms with van der Waals surface area (Å²) in [5.41, 5.74) is -3.62. The van der Waals surface area contributed by atoms with Gasteiger partial charge in [0.1, 0.15) is 87.1 Å². The summed E-state index contributed by atoms with van der Waals surface area (Å²) in [6, 6.07) is 3.73. The predicted octanol–water partition coefficient (Wildman–Crippen LogP) is -2.54. The molecule has 4 bridgehead atoms. The van der Waals surface area contributed by atoms with E-state index in [0.717, 1.165) is 30.0 Å². The number of pyridine rings is 1. The van der Waals surface area contributed by atoms with Crippen molar-refractivity contribution >= 4 is 45.2 Å². The van der Waals surface area contributed by atoms with Crippen LogP contribution in [-0.2, 0) is 153 Å². The number of rotatable bonds is 71. The zero-order chi connectivity index (χ0) is 89.5. The molecule has 4 aromatic rings. The summed E-state index contributed by atoms with van der Waals surface area (Å²) in [6.07, 6.45) is 1.71. The van der Waals surface area contributed by atoms with Gasteiger partial charge in [0.25, 0.3) is 0 Å². The summed E-state index contributed by atoms with van der Waals surface area (Å²) < 4.78 is 121. The number of fused-ring (bicyclic) bond motifs is 4. The minimum absolute atomic E-state index is 0.000667. The molecule has 5 saturated heterocycles. The van der Waals surface area contributed by atoms with Gasteiger partial charge < -0.3 is 152 Å². The SMILES string of the molecule is CC(=O)N[C@@H]1[C@@H](O)[C@@H](O)[C@@](C)(COCCOCCOCCOCCn2cc(COCC(COCc3cn(CCOCCOCCOCCOC[C@@]45CO[C@@H](O4)[C@H](NC(C)=O)[C@@H](O)[C@H]5O)nn3)(COCc3cn(CCOCCOCCOCCOC[C@]45CO[C@H](C[C@@H](O)[C@H]4O)O5)nn3)NC(=O)CCCCCNC(=O)CCCCCSSc3ccccn3)nn2)O[C@@H]1O. The number of aromatic nitrogens is 10. The molecule has 5 aliphatic rings. The van der Waals surface area contributed by atoms with E-state index in [1.165, 1.54) is 20.8 Å². The van der Waals surface area contributed by atoms with E-state index in [4.69, 9.17) is 94.7 Å². The van der Waals surface area contributed by atoms with Crippen LogP contribution in [0.2, 0.25) is 0 Å². The average molecular weight is 1840 g/mol. The lowest BCUT2D eigenvalue weighted by Gasteiger charge is -2.46. The molecule has 5 aliphatic heterocycles. The second-order valence-corrected chi connectivity index (χ2v) is 33.6. The Morgan fingerprint density at radius 2 is 0.937 bits per heavy atom. The molecule has 5 fully saturated rings. The van der Waals surface area contributed by atoms with Gasteiger partial charge in [-0.25, -0.2) is 19.0 Å². The van der Waals surface area contributed by atoms with E-state index in [1.54, 1.807) is 60.4 Å². The van der Waals surface area contributed by atoms with E-state index >= 15 is 0 Å². The molecule has 714 valence electrons. The van der Waals surface area contributed by atoms with Crippen molar-refractivity contribution in [3.05, 3.63) is 60.1 Å². The fourth-order valence-electron chi connectivity index (χ4n) is 13.8. The van der Waals surface area contributed by atoms with Crippen LogP contribution in [0.4, 0.5) is 0 Å². The van der Waals surface area contributed by atoms with Crippen LogP contribution in [0.3, 0.4) is 0 Å². The van der Waals surface area contributed by atoms with Crippen LogP contribution in [0.15, 0.2) is 48.0 Å². The van der Waals surface area contributed by atoms with Gasteiger partial charge in [-0.2, -0.15) is 0 Å². The quantitative estimate of drug-likeness (QED) is 0.0160. The van der Waals surface area contributed by atoms with Crippen molar-refractivity contribution in [3.63, 3.8) is 0 Å². The van der Waals surface area contributed by atoms with Crippen molar-refractivity contribution in [1.82, 2.24) is 71.2 Å². The van der Waals surface area contributed by atoms with E-state index in [9.17, 15) is 54.9 Å². The topological polar surface area (TPSA) is 548 Å². The lowest BCUT2D eigenvalue weighted by molar-refractivity contribution is -0.297. The minimum Gasteiger partial charge on any atom is -0.390 e. The third-order valence-electron chi connectivity index (χ3n) is 20.5. The molecule has 0 aromatic carbocycles. The largest absolute Gasteiger partial charge is 0.390 e. The van der Waals surface area contributed by atoms with Crippen molar-refractivity contribution < 1.29 is 150 Å². The maximum absolute atomic E-state index is 14.2. The average Bonchev–Trinajstić information content (AvgIpc) is 1.60. The lowest BCUT2D eigenvalue weighted by Crippen LogP contribution is -2.68. The van der Waals surface area contributed by atoms with Gasteiger partial charge in [0.2, 0.25) is 23.6 Å². The number of nitrogens with one attached hydrogen (secondary N) is 4. The number of unbranched alkanes of at least 4 members (excludes halogenated alkanes) is 4. The molecule has 0 saturated carbocycles. The van der Waals surface area contributed by atoms with E-state index in [1.807, 2.05) is 18.2 Å². The third-order valence-corrected chi connectivity index (χ3v) is 22.9. The van der Waals surface area contributed by atoms with E-state index in [0.29, 0.717) is 148 Å². The smallest absolute Gasteiger partial charge is 0.220 e. The van der Waals surface area contributed by atoms with Gasteiger partial charge in [0.15, 0.2) is 18.9 Å². The van der Waals surface area contributed by atoms with E-state index in [2.05, 4.69) is 57.2 Å². The standard InChI is InChI=1S/C79H130N14O31S2/c1-57(94)82-67-69(99)72(102)76(3,123-74(67)104)49-114-38-35-111-32-29-108-26-23-105-20-17-91-43-59(85-88-91)46-117-50-77(84-64(98)13-6-4-9-15-80-63(97)12-7-5-11-41-125-126-65-14-8-10-16-81-65,51-118-47-60-44-92(89-86-60)18-21-106-24-27-109-30-33-112-36-39-115-53-78-55-120-66(122-78)42-62(96)71(78)101)52-119-48-61-45-93(90-87-61)19-22-107-25-28-110-31-34-113-37-40-116-54-79-56-121-75(124-79)68(83-58(2)95)70(100)73(79)103/h8,10,14,16,43-45,62,66-75,96,99-104H,4-7,9,11-13,15,17-42,46-56H2,1-3H3,(H,80,97)(H,82,94)(H,83,95)(H,84,98)/t62-,66+,67-,68-,69-,70-,71-,72-,73-,74+,75+,76-,77?,78+,79+/m1/s1. The zero-order valence-corrected chi connectivity index (χ0v) is 73.8. The second kappa shape index (κ2) is 57.4. The van der Waals surface area contributed by atoms with E-state index in [-0.39, 0.29) is 157 Å². The number of aliphatic hydroxyl groups is 7. The van der Waals surface area contributed by atoms with Gasteiger partial charge >= 0.3 is 0 Å². The Morgan fingerprint density at radius 3 is 1.43 bits per heavy atom. The highest BCUT2D eigenvalue weighted by Gasteiger charge is 2.60. The van der Waals surface area contributed by atoms with Crippen molar-refractivity contribution in [2.24, 2.45) is 0 Å². The van der Waals surface area contributed by atoms with Crippen LogP contribution in [-0.4, -0.2) is 403 Å². The Balaban J connectivity index is 0.705. The Morgan fingerprint density at radius 1 is 0.492 bits per heavy atom. The summed E-state index contributed by atoms with van der Waals surface area (Å²) >= 11 is 0. The van der Waals surface area contributed by atoms with Gasteiger partial charge in [0, 0.05) is 51.6 Å². The van der Waals surface area contributed by atoms with Gasteiger partial charge in [-0.15, -0.1) is 15.3 Å². The molecule has 9 rings (SSSR count). The Kier molecular flexibility index (Phi) is 47.3. The monoisotopic (exact) mass is 1830 g/mol. The highest BCUT2D eigenvalue weighted by molar-refractivity contribution is 8.76. The molecule has 15 atom stereocenters. The molecule has 47 heteroatoms. The minimum atomic E-state index is -1.56. The molecule has 1 unspecified atom stereocenters. The normalized spacial score (nSPS) is 25.0. The summed E-state index contributed by atoms with van der Waals surface area (Å²) in [6.45, 7) is 11.0. The Bertz CT molecular complexity index is 3670. The van der Waals surface area contributed by atoms with Crippen molar-refractivity contribution in [2.45, 2.75) is 213 Å². The summed E-state index contributed by atoms with van der Waals surface area (Å²) in [5.74, 6) is -0.217. The first-order valence-corrected chi connectivity index (χ1v) is 45.2. The molecule has 126 heavy (non-hydrogen) atoms. The van der Waals surface area contributed by atoms with Gasteiger partial charge in [-0.05, 0) is 55.5 Å². The third kappa shape index (κ3) is 36.7. The van der Waals surface area contributed by atoms with Crippen LogP contribution in [0.25, 0.3) is 0 Å². The first-order valence-electron chi connectivity index (χ1n) is 42.8. The molecule has 0 radical (unpaired) electrons. The number of aliphatic hydroxyl groups excluding tert-OH is 7. The van der Waals surface area contributed by atoms with Crippen molar-refractivity contribution in [1.29, 1.82) is 0 Å². The van der Waals surface area contributed by atoms with Gasteiger partial charge in [0.05, 0.1) is 256 Å². The number of hydrogen-bond acceptors (Lipinski definition) is 40. The van der Waals surface area contributed by atoms with Crippen LogP contribution in [0.5, 0.6) is 0 Å². The number of nitrogens with zero attached hydrogens (tertiary/aromatic N) is 10. The van der Waals surface area contributed by atoms with Crippen LogP contribution in [0.1, 0.15) is 95.6 Å². The molecular formula is C79H130N14O31S2. The van der Waals surface area contributed by atoms with E-state index < -0.39 is 102 Å². The number of carbonyl (C=O) groups excluding carboxylic acids is 4. The predicted molar refractivity (Wildman–Crippen MR) is 441 cm³/mol. The number of amides is 4. The number of ether oxygens (including phenoxy) is 20. The summed E-state index contributed by atoms with van der Waals surface area (Å²) in [5, 5.41) is 112. The molecule has 4 aromatic heterocycles. The maximum atomic E-state index is 14.2. The fraction of sp³-hybridized carbons (Fsp3) is 0.810. The first kappa shape index (κ1) is 104. The maximum Gasteiger partial charge on any atom is 0.220 e. The number of hydrogen-bond donors (Lipinski definition) is 11. The molecule has 4 amide bonds. The molecule has 0 spiro atoms. The van der Waals surface area contributed by atoms with Crippen LogP contribution < -0.4 is 21.3 Å². The Labute approximate surface area is 739 Å². The second-order valence-electron chi connectivity index (χ2n) is 31.1. The van der Waals surface area contributed by atoms with Crippen LogP contribution >= 0.6 is 21.6 Å².